The Bertz CT molecular complexity index is 1010. The van der Waals surface area contributed by atoms with Crippen LogP contribution in [-0.2, 0) is 0 Å². The Kier molecular flexibility index (Phi) is 4.20. The van der Waals surface area contributed by atoms with Crippen molar-refractivity contribution in [2.45, 2.75) is 37.6 Å². The summed E-state index contributed by atoms with van der Waals surface area (Å²) >= 11 is 0. The zero-order valence-corrected chi connectivity index (χ0v) is 15.5. The summed E-state index contributed by atoms with van der Waals surface area (Å²) in [6, 6.07) is 5.36. The van der Waals surface area contributed by atoms with E-state index in [1.165, 1.54) is 6.20 Å². The minimum atomic E-state index is -0.241. The van der Waals surface area contributed by atoms with E-state index in [-0.39, 0.29) is 18.6 Å². The molecule has 1 saturated carbocycles. The third-order valence-electron chi connectivity index (χ3n) is 5.55. The highest BCUT2D eigenvalue weighted by Gasteiger charge is 2.30. The van der Waals surface area contributed by atoms with Crippen LogP contribution in [0, 0.1) is 0 Å². The van der Waals surface area contributed by atoms with E-state index in [1.54, 1.807) is 22.8 Å². The van der Waals surface area contributed by atoms with Crippen LogP contribution in [0.25, 0.3) is 5.65 Å². The zero-order chi connectivity index (χ0) is 19.1. The number of pyridine rings is 1. The van der Waals surface area contributed by atoms with E-state index in [0.717, 1.165) is 49.3 Å². The SMILES string of the molecule is O=C(Nc1cc(N2CCCC2CO)nc2c(C3CC3)cnn12)c1cccnc1. The Hall–Kier alpha value is -3.00. The average molecular weight is 378 g/mol. The molecule has 3 aromatic heterocycles. The molecule has 8 nitrogen and oxygen atoms in total. The minimum Gasteiger partial charge on any atom is -0.394 e. The number of nitrogens with one attached hydrogen (secondary N) is 1. The lowest BCUT2D eigenvalue weighted by molar-refractivity contribution is 0.102. The first kappa shape index (κ1) is 17.1. The predicted molar refractivity (Wildman–Crippen MR) is 105 cm³/mol. The number of carbonyl (C=O) groups is 1. The molecule has 3 aromatic rings. The van der Waals surface area contributed by atoms with Gasteiger partial charge in [0.05, 0.1) is 24.4 Å². The van der Waals surface area contributed by atoms with Gasteiger partial charge in [0.1, 0.15) is 11.6 Å². The molecule has 28 heavy (non-hydrogen) atoms. The van der Waals surface area contributed by atoms with Crippen molar-refractivity contribution < 1.29 is 9.90 Å². The first-order valence-electron chi connectivity index (χ1n) is 9.72. The Balaban J connectivity index is 1.57. The Morgan fingerprint density at radius 1 is 1.29 bits per heavy atom. The number of carbonyl (C=O) groups excluding carboxylic acids is 1. The second-order valence-electron chi connectivity index (χ2n) is 7.48. The fourth-order valence-corrected chi connectivity index (χ4v) is 3.90. The summed E-state index contributed by atoms with van der Waals surface area (Å²) in [4.78, 5) is 23.7. The van der Waals surface area contributed by atoms with E-state index in [0.29, 0.717) is 17.3 Å². The van der Waals surface area contributed by atoms with Crippen LogP contribution < -0.4 is 10.2 Å². The molecule has 0 radical (unpaired) electrons. The third kappa shape index (κ3) is 2.99. The molecule has 0 aromatic carbocycles. The summed E-state index contributed by atoms with van der Waals surface area (Å²) < 4.78 is 1.70. The monoisotopic (exact) mass is 378 g/mol. The first-order valence-corrected chi connectivity index (χ1v) is 9.72. The van der Waals surface area contributed by atoms with Gasteiger partial charge < -0.3 is 15.3 Å². The van der Waals surface area contributed by atoms with Crippen molar-refractivity contribution in [1.82, 2.24) is 19.6 Å². The molecule has 2 fully saturated rings. The number of nitrogens with zero attached hydrogens (tertiary/aromatic N) is 5. The van der Waals surface area contributed by atoms with Gasteiger partial charge in [-0.1, -0.05) is 0 Å². The molecule has 1 aliphatic heterocycles. The van der Waals surface area contributed by atoms with E-state index >= 15 is 0 Å². The maximum atomic E-state index is 12.7. The molecular weight excluding hydrogens is 356 g/mol. The maximum absolute atomic E-state index is 12.7. The number of rotatable bonds is 5. The molecule has 1 amide bonds. The number of hydrogen-bond acceptors (Lipinski definition) is 6. The smallest absolute Gasteiger partial charge is 0.258 e. The number of aliphatic hydroxyl groups is 1. The molecular formula is C20H22N6O2. The van der Waals surface area contributed by atoms with Crippen LogP contribution in [0.4, 0.5) is 11.6 Å². The Morgan fingerprint density at radius 2 is 2.18 bits per heavy atom. The molecule has 1 aliphatic carbocycles. The fraction of sp³-hybridized carbons (Fsp3) is 0.400. The van der Waals surface area contributed by atoms with E-state index in [9.17, 15) is 9.90 Å². The lowest BCUT2D eigenvalue weighted by Gasteiger charge is -2.25. The van der Waals surface area contributed by atoms with Gasteiger partial charge in [-0.05, 0) is 43.7 Å². The molecule has 5 rings (SSSR count). The summed E-state index contributed by atoms with van der Waals surface area (Å²) in [5.41, 5.74) is 2.39. The summed E-state index contributed by atoms with van der Waals surface area (Å²) in [5.74, 6) is 1.60. The van der Waals surface area contributed by atoms with Gasteiger partial charge in [-0.2, -0.15) is 9.61 Å². The quantitative estimate of drug-likeness (QED) is 0.707. The number of fused-ring (bicyclic) bond motifs is 1. The van der Waals surface area contributed by atoms with Gasteiger partial charge in [0, 0.05) is 30.6 Å². The third-order valence-corrected chi connectivity index (χ3v) is 5.55. The van der Waals surface area contributed by atoms with Crippen LogP contribution >= 0.6 is 0 Å². The molecule has 0 spiro atoms. The summed E-state index contributed by atoms with van der Waals surface area (Å²) in [7, 11) is 0. The largest absolute Gasteiger partial charge is 0.394 e. The van der Waals surface area contributed by atoms with Crippen molar-refractivity contribution in [2.75, 3.05) is 23.4 Å². The van der Waals surface area contributed by atoms with Crippen molar-refractivity contribution in [3.63, 3.8) is 0 Å². The average Bonchev–Trinajstić information content (AvgIpc) is 3.29. The number of aliphatic hydroxyl groups excluding tert-OH is 1. The van der Waals surface area contributed by atoms with Crippen LogP contribution in [-0.4, -0.2) is 49.8 Å². The van der Waals surface area contributed by atoms with Gasteiger partial charge in [-0.15, -0.1) is 0 Å². The molecule has 144 valence electrons. The lowest BCUT2D eigenvalue weighted by atomic mass is 10.2. The highest BCUT2D eigenvalue weighted by Crippen LogP contribution is 2.42. The number of amides is 1. The van der Waals surface area contributed by atoms with Gasteiger partial charge in [0.15, 0.2) is 5.65 Å². The molecule has 4 heterocycles. The van der Waals surface area contributed by atoms with Gasteiger partial charge in [-0.3, -0.25) is 9.78 Å². The maximum Gasteiger partial charge on any atom is 0.258 e. The van der Waals surface area contributed by atoms with Crippen LogP contribution in [0.2, 0.25) is 0 Å². The van der Waals surface area contributed by atoms with Crippen LogP contribution in [0.15, 0.2) is 36.8 Å². The van der Waals surface area contributed by atoms with E-state index in [2.05, 4.69) is 20.3 Å². The van der Waals surface area contributed by atoms with Gasteiger partial charge in [-0.25, -0.2) is 4.98 Å². The first-order chi connectivity index (χ1) is 13.7. The number of aromatic nitrogens is 4. The van der Waals surface area contributed by atoms with Crippen molar-refractivity contribution in [3.8, 4) is 0 Å². The number of hydrogen-bond donors (Lipinski definition) is 2. The van der Waals surface area contributed by atoms with E-state index in [4.69, 9.17) is 4.98 Å². The van der Waals surface area contributed by atoms with Crippen LogP contribution in [0.5, 0.6) is 0 Å². The topological polar surface area (TPSA) is 95.7 Å². The van der Waals surface area contributed by atoms with Crippen molar-refractivity contribution in [3.05, 3.63) is 47.9 Å². The summed E-state index contributed by atoms with van der Waals surface area (Å²) in [5, 5.41) is 17.2. The Labute approximate surface area is 162 Å². The molecule has 2 N–H and O–H groups in total. The predicted octanol–water partition coefficient (Wildman–Crippen LogP) is 2.22. The normalized spacial score (nSPS) is 19.3. The Morgan fingerprint density at radius 3 is 2.93 bits per heavy atom. The van der Waals surface area contributed by atoms with Crippen LogP contribution in [0.1, 0.15) is 47.5 Å². The lowest BCUT2D eigenvalue weighted by Crippen LogP contribution is -2.33. The molecule has 1 saturated heterocycles. The second-order valence-corrected chi connectivity index (χ2v) is 7.48. The second kappa shape index (κ2) is 6.87. The molecule has 1 unspecified atom stereocenters. The summed E-state index contributed by atoms with van der Waals surface area (Å²) in [6.45, 7) is 0.941. The molecule has 8 heteroatoms. The summed E-state index contributed by atoms with van der Waals surface area (Å²) in [6.07, 6.45) is 9.28. The van der Waals surface area contributed by atoms with E-state index in [1.807, 2.05) is 12.3 Å². The van der Waals surface area contributed by atoms with Crippen molar-refractivity contribution in [1.29, 1.82) is 0 Å². The van der Waals surface area contributed by atoms with E-state index < -0.39 is 0 Å². The fourth-order valence-electron chi connectivity index (χ4n) is 3.90. The van der Waals surface area contributed by atoms with Crippen LogP contribution in [0.3, 0.4) is 0 Å². The van der Waals surface area contributed by atoms with Gasteiger partial charge in [0.2, 0.25) is 0 Å². The minimum absolute atomic E-state index is 0.0594. The number of anilines is 2. The van der Waals surface area contributed by atoms with Crippen molar-refractivity contribution in [2.24, 2.45) is 0 Å². The molecule has 0 bridgehead atoms. The van der Waals surface area contributed by atoms with Crippen molar-refractivity contribution >= 4 is 23.2 Å². The highest BCUT2D eigenvalue weighted by atomic mass is 16.3. The molecule has 1 atom stereocenters. The van der Waals surface area contributed by atoms with Gasteiger partial charge in [0.25, 0.3) is 5.91 Å². The van der Waals surface area contributed by atoms with Gasteiger partial charge >= 0.3 is 0 Å². The highest BCUT2D eigenvalue weighted by molar-refractivity contribution is 6.03. The zero-order valence-electron chi connectivity index (χ0n) is 15.5. The molecule has 2 aliphatic rings. The standard InChI is InChI=1S/C20H22N6O2/c27-12-15-4-2-8-25(15)17-9-18(24-20(28)14-3-1-7-21-10-14)26-19(23-17)16(11-22-26)13-5-6-13/h1,3,7,9-11,13,15,27H,2,4-6,8,12H2,(H,24,28).